The van der Waals surface area contributed by atoms with E-state index in [1.165, 1.54) is 6.92 Å². The monoisotopic (exact) mass is 291 g/mol. The Kier molecular flexibility index (Phi) is 10.3. The van der Waals surface area contributed by atoms with E-state index in [9.17, 15) is 9.36 Å². The summed E-state index contributed by atoms with van der Waals surface area (Å²) in [6.07, 6.45) is 0. The molecule has 0 saturated carbocycles. The van der Waals surface area contributed by atoms with Gasteiger partial charge < -0.3 is 14.5 Å². The summed E-state index contributed by atoms with van der Waals surface area (Å²) in [6, 6.07) is 0. The van der Waals surface area contributed by atoms with Crippen molar-refractivity contribution in [2.45, 2.75) is 6.92 Å². The van der Waals surface area contributed by atoms with Crippen molar-refractivity contribution in [3.8, 4) is 0 Å². The van der Waals surface area contributed by atoms with Gasteiger partial charge in [0.25, 0.3) is 0 Å². The van der Waals surface area contributed by atoms with Crippen LogP contribution in [0.3, 0.4) is 0 Å². The zero-order chi connectivity index (χ0) is 14.1. The van der Waals surface area contributed by atoms with E-state index in [2.05, 4.69) is 15.8 Å². The summed E-state index contributed by atoms with van der Waals surface area (Å²) in [5.41, 5.74) is 0.219. The predicted molar refractivity (Wildman–Crippen MR) is 55.8 cm³/mol. The van der Waals surface area contributed by atoms with Gasteiger partial charge in [0.05, 0.1) is 6.61 Å². The number of phosphoric ester groups is 1. The van der Waals surface area contributed by atoms with Crippen molar-refractivity contribution in [2.75, 3.05) is 13.2 Å². The van der Waals surface area contributed by atoms with Crippen LogP contribution in [0.2, 0.25) is 0 Å². The van der Waals surface area contributed by atoms with Gasteiger partial charge in [-0.15, -0.1) is 9.79 Å². The number of phosphoric acid groups is 1. The Morgan fingerprint density at radius 1 is 1.35 bits per heavy atom. The number of carbonyl (C=O) groups is 1. The Morgan fingerprint density at radius 2 is 1.76 bits per heavy atom. The van der Waals surface area contributed by atoms with E-state index in [1.54, 1.807) is 0 Å². The van der Waals surface area contributed by atoms with Crippen LogP contribution in [-0.4, -0.2) is 38.8 Å². The fraction of sp³-hybridized carbons (Fsp3) is 0.500. The molecule has 0 atom stereocenters. The molecular weight excluding hydrogens is 278 g/mol. The lowest BCUT2D eigenvalue weighted by atomic mass is 10.4. The average molecular weight is 291 g/mol. The number of ether oxygens (including phenoxy) is 1. The van der Waals surface area contributed by atoms with Crippen LogP contribution in [0.5, 0.6) is 0 Å². The maximum absolute atomic E-state index is 10.7. The van der Waals surface area contributed by atoms with Crippen LogP contribution >= 0.6 is 16.1 Å². The molecule has 0 amide bonds. The highest BCUT2D eigenvalue weighted by Gasteiger charge is 2.13. The molecule has 0 aromatic heterocycles. The van der Waals surface area contributed by atoms with Crippen LogP contribution in [-0.2, 0) is 23.2 Å². The predicted octanol–water partition coefficient (Wildman–Crippen LogP) is -0.157. The van der Waals surface area contributed by atoms with Gasteiger partial charge in [-0.1, -0.05) is 6.58 Å². The molecule has 0 bridgehead atoms. The second-order valence-electron chi connectivity index (χ2n) is 2.49. The summed E-state index contributed by atoms with van der Waals surface area (Å²) in [6.45, 7) is 4.22. The molecule has 0 rings (SSSR count). The van der Waals surface area contributed by atoms with Gasteiger partial charge in [-0.25, -0.2) is 9.36 Å². The summed E-state index contributed by atoms with van der Waals surface area (Å²) >= 11 is 0. The summed E-state index contributed by atoms with van der Waals surface area (Å²) < 4.78 is 27.3. The normalized spacial score (nSPS) is 9.94. The molecule has 17 heavy (non-hydrogen) atoms. The van der Waals surface area contributed by atoms with Crippen molar-refractivity contribution >= 4 is 22.0 Å². The number of rotatable bonds is 5. The molecule has 4 N–H and O–H groups in total. The van der Waals surface area contributed by atoms with Gasteiger partial charge in [0.15, 0.2) is 0 Å². The maximum Gasteiger partial charge on any atom is 0.692 e. The van der Waals surface area contributed by atoms with Gasteiger partial charge in [-0.2, -0.15) is 0 Å². The second-order valence-corrected chi connectivity index (χ2v) is 4.24. The zero-order valence-corrected chi connectivity index (χ0v) is 10.6. The second kappa shape index (κ2) is 9.38. The average Bonchev–Trinajstić information content (AvgIpc) is 2.09. The number of carbonyl (C=O) groups excluding carboxylic acids is 1. The van der Waals surface area contributed by atoms with Gasteiger partial charge in [0, 0.05) is 10.1 Å². The van der Waals surface area contributed by atoms with E-state index in [1.807, 2.05) is 0 Å². The lowest BCUT2D eigenvalue weighted by Crippen LogP contribution is -2.10. The van der Waals surface area contributed by atoms with Gasteiger partial charge in [-0.3, -0.25) is 4.52 Å². The van der Waals surface area contributed by atoms with Gasteiger partial charge >= 0.3 is 22.0 Å². The maximum atomic E-state index is 10.7. The van der Waals surface area contributed by atoms with E-state index >= 15 is 0 Å². The Hall–Kier alpha value is -0.660. The van der Waals surface area contributed by atoms with Crippen LogP contribution in [0, 0.1) is 0 Å². The van der Waals surface area contributed by atoms with Gasteiger partial charge in [0.2, 0.25) is 0 Å². The van der Waals surface area contributed by atoms with E-state index in [4.69, 9.17) is 24.1 Å². The molecule has 0 heterocycles. The molecule has 0 spiro atoms. The quantitative estimate of drug-likeness (QED) is 0.234. The molecule has 0 aliphatic carbocycles. The lowest BCUT2D eigenvalue weighted by molar-refractivity contribution is -0.139. The summed E-state index contributed by atoms with van der Waals surface area (Å²) in [7, 11) is -7.33. The van der Waals surface area contributed by atoms with Gasteiger partial charge in [0.1, 0.15) is 6.61 Å². The first kappa shape index (κ1) is 18.7. The Labute approximate surface area is 97.9 Å². The Balaban J connectivity index is 0. The third-order valence-electron chi connectivity index (χ3n) is 0.924. The highest BCUT2D eigenvalue weighted by atomic mass is 31.2. The SMILES string of the molecule is C=C(C)C(=O)OCCOP(=O)(O)O.O=[P+](O)O. The molecule has 0 aliphatic heterocycles. The standard InChI is InChI=1S/C6H11O6P.HO3P/c1-5(2)6(7)11-3-4-12-13(8,9)10;1-4(2)3/h1,3-4H2,2H3,(H2,8,9,10);(H-,1,2,3)/p+1. The number of hydrogen-bond donors (Lipinski definition) is 4. The molecule has 0 radical (unpaired) electrons. The van der Waals surface area contributed by atoms with E-state index < -0.39 is 22.0 Å². The fourth-order valence-electron chi connectivity index (χ4n) is 0.414. The summed E-state index contributed by atoms with van der Waals surface area (Å²) in [5, 5.41) is 0. The van der Waals surface area contributed by atoms with Gasteiger partial charge in [-0.05, 0) is 6.92 Å². The van der Waals surface area contributed by atoms with Crippen molar-refractivity contribution in [1.82, 2.24) is 0 Å². The van der Waals surface area contributed by atoms with Crippen LogP contribution in [0.4, 0.5) is 0 Å². The van der Waals surface area contributed by atoms with Crippen molar-refractivity contribution in [3.05, 3.63) is 12.2 Å². The van der Waals surface area contributed by atoms with E-state index in [0.717, 1.165) is 0 Å². The number of hydrogen-bond acceptors (Lipinski definition) is 5. The van der Waals surface area contributed by atoms with Crippen LogP contribution in [0.1, 0.15) is 6.92 Å². The molecule has 0 fully saturated rings. The fourth-order valence-corrected chi connectivity index (χ4v) is 0.726. The zero-order valence-electron chi connectivity index (χ0n) is 8.85. The Bertz CT molecular complexity index is 315. The Morgan fingerprint density at radius 3 is 2.06 bits per heavy atom. The number of esters is 1. The first-order chi connectivity index (χ1) is 7.56. The minimum Gasteiger partial charge on any atom is -0.460 e. The molecule has 0 aromatic carbocycles. The molecular formula is C6H13O9P2+. The van der Waals surface area contributed by atoms with Crippen LogP contribution in [0.15, 0.2) is 12.2 Å². The first-order valence-electron chi connectivity index (χ1n) is 3.94. The van der Waals surface area contributed by atoms with Crippen molar-refractivity contribution in [2.24, 2.45) is 0 Å². The minimum absolute atomic E-state index is 0.212. The third kappa shape index (κ3) is 21.2. The smallest absolute Gasteiger partial charge is 0.460 e. The molecule has 11 heteroatoms. The first-order valence-corrected chi connectivity index (χ1v) is 6.63. The van der Waals surface area contributed by atoms with E-state index in [0.29, 0.717) is 0 Å². The third-order valence-corrected chi connectivity index (χ3v) is 1.44. The van der Waals surface area contributed by atoms with Crippen LogP contribution < -0.4 is 0 Å². The molecule has 9 nitrogen and oxygen atoms in total. The lowest BCUT2D eigenvalue weighted by Gasteiger charge is -2.05. The minimum atomic E-state index is -4.46. The molecule has 100 valence electrons. The van der Waals surface area contributed by atoms with Crippen molar-refractivity contribution < 1.29 is 42.8 Å². The van der Waals surface area contributed by atoms with Crippen LogP contribution in [0.25, 0.3) is 0 Å². The van der Waals surface area contributed by atoms with Crippen molar-refractivity contribution in [1.29, 1.82) is 0 Å². The van der Waals surface area contributed by atoms with Crippen molar-refractivity contribution in [3.63, 3.8) is 0 Å². The topological polar surface area (TPSA) is 151 Å². The highest BCUT2D eigenvalue weighted by molar-refractivity contribution is 7.46. The summed E-state index contributed by atoms with van der Waals surface area (Å²) in [4.78, 5) is 41.4. The molecule has 0 aliphatic rings. The largest absolute Gasteiger partial charge is 0.692 e. The molecule has 0 aromatic rings. The van der Waals surface area contributed by atoms with E-state index in [-0.39, 0.29) is 18.8 Å². The molecule has 0 unspecified atom stereocenters. The molecule has 0 saturated heterocycles. The summed E-state index contributed by atoms with van der Waals surface area (Å²) in [5.74, 6) is -0.616. The highest BCUT2D eigenvalue weighted by Crippen LogP contribution is 2.35.